The van der Waals surface area contributed by atoms with E-state index in [1.54, 1.807) is 30.5 Å². The highest BCUT2D eigenvalue weighted by molar-refractivity contribution is 7.98. The van der Waals surface area contributed by atoms with Crippen molar-refractivity contribution in [2.75, 3.05) is 6.54 Å². The monoisotopic (exact) mass is 425 g/mol. The van der Waals surface area contributed by atoms with Crippen LogP contribution in [0.1, 0.15) is 46.8 Å². The molecule has 0 saturated carbocycles. The second-order valence-corrected chi connectivity index (χ2v) is 8.24. The van der Waals surface area contributed by atoms with Crippen LogP contribution in [0.4, 0.5) is 4.39 Å². The molecule has 2 aromatic heterocycles. The van der Waals surface area contributed by atoms with Gasteiger partial charge in [-0.1, -0.05) is 18.6 Å². The molecule has 0 radical (unpaired) electrons. The number of benzene rings is 1. The van der Waals surface area contributed by atoms with Gasteiger partial charge in [0.15, 0.2) is 0 Å². The Labute approximate surface area is 179 Å². The van der Waals surface area contributed by atoms with E-state index in [1.165, 1.54) is 30.3 Å². The molecule has 1 aliphatic rings. The van der Waals surface area contributed by atoms with E-state index < -0.39 is 0 Å². The van der Waals surface area contributed by atoms with E-state index in [1.807, 2.05) is 0 Å². The molecule has 0 aliphatic carbocycles. The van der Waals surface area contributed by atoms with E-state index in [4.69, 9.17) is 0 Å². The summed E-state index contributed by atoms with van der Waals surface area (Å²) in [6, 6.07) is 9.90. The molecule has 0 spiro atoms. The van der Waals surface area contributed by atoms with Crippen LogP contribution in [0, 0.1) is 5.82 Å². The van der Waals surface area contributed by atoms with Gasteiger partial charge in [-0.2, -0.15) is 0 Å². The summed E-state index contributed by atoms with van der Waals surface area (Å²) >= 11 is 1.47. The first kappa shape index (κ1) is 20.5. The SMILES string of the molecule is O=C(NCCc1nnc2n1CCCCC2)c1cccnc1SCc1ccc(F)cc1. The lowest BCUT2D eigenvalue weighted by Gasteiger charge is -2.10. The number of thioether (sulfide) groups is 1. The minimum atomic E-state index is -0.258. The van der Waals surface area contributed by atoms with Crippen molar-refractivity contribution >= 4 is 17.7 Å². The van der Waals surface area contributed by atoms with E-state index in [-0.39, 0.29) is 11.7 Å². The van der Waals surface area contributed by atoms with Crippen molar-refractivity contribution in [2.24, 2.45) is 0 Å². The predicted molar refractivity (Wildman–Crippen MR) is 114 cm³/mol. The number of hydrogen-bond acceptors (Lipinski definition) is 5. The fourth-order valence-electron chi connectivity index (χ4n) is 3.52. The molecule has 8 heteroatoms. The lowest BCUT2D eigenvalue weighted by molar-refractivity contribution is 0.0950. The molecular weight excluding hydrogens is 401 g/mol. The van der Waals surface area contributed by atoms with Crippen molar-refractivity contribution in [3.63, 3.8) is 0 Å². The number of rotatable bonds is 7. The quantitative estimate of drug-likeness (QED) is 0.583. The van der Waals surface area contributed by atoms with Crippen LogP contribution in [-0.2, 0) is 25.1 Å². The molecule has 0 fully saturated rings. The third kappa shape index (κ3) is 5.05. The predicted octanol–water partition coefficient (Wildman–Crippen LogP) is 3.80. The van der Waals surface area contributed by atoms with Gasteiger partial charge in [-0.25, -0.2) is 9.37 Å². The number of fused-ring (bicyclic) bond motifs is 1. The standard InChI is InChI=1S/C22H24FN5OS/c23-17-9-7-16(8-10-17)15-30-22-18(5-4-12-25-22)21(29)24-13-11-20-27-26-19-6-2-1-3-14-28(19)20/h4-5,7-10,12H,1-3,6,11,13-15H2,(H,24,29). The summed E-state index contributed by atoms with van der Waals surface area (Å²) in [7, 11) is 0. The minimum absolute atomic E-state index is 0.152. The summed E-state index contributed by atoms with van der Waals surface area (Å²) in [5.74, 6) is 2.19. The van der Waals surface area contributed by atoms with Gasteiger partial charge in [0.1, 0.15) is 22.5 Å². The number of pyridine rings is 1. The molecule has 4 rings (SSSR count). The Bertz CT molecular complexity index is 1010. The highest BCUT2D eigenvalue weighted by Gasteiger charge is 2.16. The van der Waals surface area contributed by atoms with Crippen LogP contribution in [0.25, 0.3) is 0 Å². The Kier molecular flexibility index (Phi) is 6.74. The molecule has 6 nitrogen and oxygen atoms in total. The molecule has 1 amide bonds. The van der Waals surface area contributed by atoms with E-state index in [9.17, 15) is 9.18 Å². The first-order chi connectivity index (χ1) is 14.7. The smallest absolute Gasteiger partial charge is 0.254 e. The molecule has 3 heterocycles. The van der Waals surface area contributed by atoms with Gasteiger partial charge in [0, 0.05) is 37.9 Å². The van der Waals surface area contributed by atoms with E-state index in [2.05, 4.69) is 25.1 Å². The third-order valence-electron chi connectivity index (χ3n) is 5.12. The molecule has 1 N–H and O–H groups in total. The first-order valence-corrected chi connectivity index (χ1v) is 11.2. The molecule has 0 atom stereocenters. The number of hydrogen-bond donors (Lipinski definition) is 1. The molecule has 0 unspecified atom stereocenters. The number of carbonyl (C=O) groups is 1. The van der Waals surface area contributed by atoms with Crippen LogP contribution in [0.2, 0.25) is 0 Å². The molecule has 1 aliphatic heterocycles. The van der Waals surface area contributed by atoms with Crippen molar-refractivity contribution in [1.29, 1.82) is 0 Å². The fraction of sp³-hybridized carbons (Fsp3) is 0.364. The van der Waals surface area contributed by atoms with Gasteiger partial charge in [-0.05, 0) is 42.7 Å². The Hall–Kier alpha value is -2.74. The number of nitrogens with one attached hydrogen (secondary N) is 1. The fourth-order valence-corrected chi connectivity index (χ4v) is 4.47. The molecule has 0 saturated heterocycles. The van der Waals surface area contributed by atoms with Crippen LogP contribution in [0.5, 0.6) is 0 Å². The van der Waals surface area contributed by atoms with Gasteiger partial charge in [-0.15, -0.1) is 22.0 Å². The number of nitrogens with zero attached hydrogens (tertiary/aromatic N) is 4. The number of halogens is 1. The van der Waals surface area contributed by atoms with Gasteiger partial charge >= 0.3 is 0 Å². The Balaban J connectivity index is 1.35. The van der Waals surface area contributed by atoms with Crippen LogP contribution in [0.3, 0.4) is 0 Å². The van der Waals surface area contributed by atoms with Crippen molar-refractivity contribution in [2.45, 2.75) is 49.4 Å². The van der Waals surface area contributed by atoms with Crippen LogP contribution < -0.4 is 5.32 Å². The largest absolute Gasteiger partial charge is 0.352 e. The average Bonchev–Trinajstić information content (AvgIpc) is 2.99. The maximum atomic E-state index is 13.1. The number of amides is 1. The van der Waals surface area contributed by atoms with Crippen molar-refractivity contribution in [3.8, 4) is 0 Å². The molecule has 30 heavy (non-hydrogen) atoms. The maximum Gasteiger partial charge on any atom is 0.254 e. The zero-order valence-electron chi connectivity index (χ0n) is 16.7. The lowest BCUT2D eigenvalue weighted by Crippen LogP contribution is -2.27. The van der Waals surface area contributed by atoms with Crippen molar-refractivity contribution in [1.82, 2.24) is 25.1 Å². The highest BCUT2D eigenvalue weighted by Crippen LogP contribution is 2.24. The summed E-state index contributed by atoms with van der Waals surface area (Å²) in [6.07, 6.45) is 6.83. The molecule has 156 valence electrons. The van der Waals surface area contributed by atoms with Gasteiger partial charge in [0.05, 0.1) is 5.56 Å². The first-order valence-electron chi connectivity index (χ1n) is 10.2. The van der Waals surface area contributed by atoms with E-state index in [0.717, 1.165) is 43.0 Å². The summed E-state index contributed by atoms with van der Waals surface area (Å²) < 4.78 is 15.3. The molecule has 1 aromatic carbocycles. The molecule has 3 aromatic rings. The Morgan fingerprint density at radius 1 is 1.13 bits per heavy atom. The number of aromatic nitrogens is 4. The Morgan fingerprint density at radius 3 is 2.87 bits per heavy atom. The Morgan fingerprint density at radius 2 is 2.00 bits per heavy atom. The number of carbonyl (C=O) groups excluding carboxylic acids is 1. The summed E-state index contributed by atoms with van der Waals surface area (Å²) in [5.41, 5.74) is 1.52. The van der Waals surface area contributed by atoms with Gasteiger partial charge < -0.3 is 9.88 Å². The van der Waals surface area contributed by atoms with Crippen LogP contribution >= 0.6 is 11.8 Å². The number of aryl methyl sites for hydroxylation is 1. The molecule has 0 bridgehead atoms. The van der Waals surface area contributed by atoms with Gasteiger partial charge in [-0.3, -0.25) is 4.79 Å². The maximum absolute atomic E-state index is 13.1. The topological polar surface area (TPSA) is 72.7 Å². The zero-order valence-corrected chi connectivity index (χ0v) is 17.5. The van der Waals surface area contributed by atoms with Crippen molar-refractivity contribution < 1.29 is 9.18 Å². The minimum Gasteiger partial charge on any atom is -0.352 e. The average molecular weight is 426 g/mol. The summed E-state index contributed by atoms with van der Waals surface area (Å²) in [5, 5.41) is 12.3. The summed E-state index contributed by atoms with van der Waals surface area (Å²) in [4.78, 5) is 17.1. The van der Waals surface area contributed by atoms with E-state index in [0.29, 0.717) is 29.3 Å². The van der Waals surface area contributed by atoms with E-state index >= 15 is 0 Å². The lowest BCUT2D eigenvalue weighted by atomic mass is 10.2. The third-order valence-corrected chi connectivity index (χ3v) is 6.20. The normalized spacial score (nSPS) is 13.5. The van der Waals surface area contributed by atoms with Crippen molar-refractivity contribution in [3.05, 3.63) is 71.2 Å². The van der Waals surface area contributed by atoms with Crippen LogP contribution in [-0.4, -0.2) is 32.2 Å². The highest BCUT2D eigenvalue weighted by atomic mass is 32.2. The second-order valence-electron chi connectivity index (χ2n) is 7.27. The summed E-state index contributed by atoms with van der Waals surface area (Å²) in [6.45, 7) is 1.45. The zero-order chi connectivity index (χ0) is 20.8. The van der Waals surface area contributed by atoms with Gasteiger partial charge in [0.25, 0.3) is 5.91 Å². The van der Waals surface area contributed by atoms with Crippen LogP contribution in [0.15, 0.2) is 47.6 Å². The molecular formula is C22H24FN5OS. The van der Waals surface area contributed by atoms with Gasteiger partial charge in [0.2, 0.25) is 0 Å². The second kappa shape index (κ2) is 9.84.